The van der Waals surface area contributed by atoms with Crippen molar-refractivity contribution >= 4 is 22.6 Å². The largest absolute Gasteiger partial charge is 0.356 e. The lowest BCUT2D eigenvalue weighted by atomic mass is 10.1. The number of hydrogen-bond acceptors (Lipinski definition) is 4. The minimum atomic E-state index is -0.668. The van der Waals surface area contributed by atoms with E-state index in [1.165, 1.54) is 18.6 Å². The summed E-state index contributed by atoms with van der Waals surface area (Å²) in [4.78, 5) is 23.5. The van der Waals surface area contributed by atoms with Crippen LogP contribution in [-0.2, 0) is 6.54 Å². The highest BCUT2D eigenvalue weighted by Crippen LogP contribution is 2.26. The number of fused-ring (bicyclic) bond motifs is 1. The maximum absolute atomic E-state index is 13.3. The molecule has 0 atom stereocenters. The topological polar surface area (TPSA) is 58.1 Å². The van der Waals surface area contributed by atoms with E-state index in [-0.39, 0.29) is 12.5 Å². The van der Waals surface area contributed by atoms with Crippen LogP contribution in [0.15, 0.2) is 42.7 Å². The van der Waals surface area contributed by atoms with Crippen molar-refractivity contribution in [3.63, 3.8) is 0 Å². The molecule has 3 aromatic rings. The van der Waals surface area contributed by atoms with E-state index in [4.69, 9.17) is 0 Å². The van der Waals surface area contributed by atoms with Gasteiger partial charge in [-0.05, 0) is 55.2 Å². The Balaban J connectivity index is 1.57. The molecule has 0 bridgehead atoms. The fourth-order valence-electron chi connectivity index (χ4n) is 3.54. The molecule has 0 saturated carbocycles. The molecule has 4 rings (SSSR count). The first-order valence-electron chi connectivity index (χ1n) is 9.33. The Morgan fingerprint density at radius 2 is 1.75 bits per heavy atom. The molecule has 0 radical (unpaired) electrons. The maximum atomic E-state index is 13.3. The minimum absolute atomic E-state index is 0.0375. The van der Waals surface area contributed by atoms with Gasteiger partial charge in [0.1, 0.15) is 23.8 Å². The molecule has 1 aromatic heterocycles. The zero-order valence-corrected chi connectivity index (χ0v) is 15.3. The third-order valence-electron chi connectivity index (χ3n) is 4.91. The van der Waals surface area contributed by atoms with E-state index in [1.54, 1.807) is 24.5 Å². The molecule has 7 heteroatoms. The first-order chi connectivity index (χ1) is 13.6. The van der Waals surface area contributed by atoms with Crippen LogP contribution < -0.4 is 10.2 Å². The van der Waals surface area contributed by atoms with Crippen LogP contribution in [0.2, 0.25) is 0 Å². The van der Waals surface area contributed by atoms with Crippen LogP contribution in [-0.4, -0.2) is 29.0 Å². The standard InChI is InChI=1S/C21H20F2N4O/c22-16-8-14(9-17(23)11-16)12-24-21(28)15-4-5-19-18(10-15)20(26-13-25-19)27-6-2-1-3-7-27/h4-5,8-11,13H,1-3,6-7,12H2,(H,24,28). The van der Waals surface area contributed by atoms with Gasteiger partial charge in [-0.2, -0.15) is 0 Å². The normalized spacial score (nSPS) is 14.3. The number of rotatable bonds is 4. The molecular weight excluding hydrogens is 362 g/mol. The number of piperidine rings is 1. The fourth-order valence-corrected chi connectivity index (χ4v) is 3.54. The van der Waals surface area contributed by atoms with E-state index < -0.39 is 11.6 Å². The number of aromatic nitrogens is 2. The highest BCUT2D eigenvalue weighted by Gasteiger charge is 2.17. The number of anilines is 1. The van der Waals surface area contributed by atoms with E-state index in [0.29, 0.717) is 11.1 Å². The SMILES string of the molecule is O=C(NCc1cc(F)cc(F)c1)c1ccc2ncnc(N3CCCCC3)c2c1. The molecule has 2 heterocycles. The van der Waals surface area contributed by atoms with Crippen LogP contribution in [0.3, 0.4) is 0 Å². The van der Waals surface area contributed by atoms with Crippen molar-refractivity contribution in [2.24, 2.45) is 0 Å². The summed E-state index contributed by atoms with van der Waals surface area (Å²) in [6.07, 6.45) is 5.00. The average Bonchev–Trinajstić information content (AvgIpc) is 2.71. The van der Waals surface area contributed by atoms with Crippen molar-refractivity contribution in [2.45, 2.75) is 25.8 Å². The Morgan fingerprint density at radius 3 is 2.50 bits per heavy atom. The average molecular weight is 382 g/mol. The number of amides is 1. The molecule has 144 valence electrons. The van der Waals surface area contributed by atoms with Crippen molar-refractivity contribution < 1.29 is 13.6 Å². The summed E-state index contributed by atoms with van der Waals surface area (Å²) in [6, 6.07) is 8.47. The minimum Gasteiger partial charge on any atom is -0.356 e. The predicted octanol–water partition coefficient (Wildman–Crippen LogP) is 3.83. The molecule has 1 aliphatic heterocycles. The van der Waals surface area contributed by atoms with Crippen LogP contribution in [0.25, 0.3) is 10.9 Å². The fraction of sp³-hybridized carbons (Fsp3) is 0.286. The summed E-state index contributed by atoms with van der Waals surface area (Å²) in [5, 5.41) is 3.53. The van der Waals surface area contributed by atoms with E-state index in [1.807, 2.05) is 0 Å². The Hall–Kier alpha value is -3.09. The van der Waals surface area contributed by atoms with Gasteiger partial charge in [-0.3, -0.25) is 4.79 Å². The lowest BCUT2D eigenvalue weighted by Crippen LogP contribution is -2.30. The molecule has 1 amide bonds. The van der Waals surface area contributed by atoms with Gasteiger partial charge < -0.3 is 10.2 Å². The summed E-state index contributed by atoms with van der Waals surface area (Å²) in [6.45, 7) is 1.91. The van der Waals surface area contributed by atoms with Crippen LogP contribution in [0, 0.1) is 11.6 Å². The number of carbonyl (C=O) groups excluding carboxylic acids is 1. The summed E-state index contributed by atoms with van der Waals surface area (Å²) in [7, 11) is 0. The number of nitrogens with zero attached hydrogens (tertiary/aromatic N) is 3. The highest BCUT2D eigenvalue weighted by atomic mass is 19.1. The summed E-state index contributed by atoms with van der Waals surface area (Å²) in [5.41, 5.74) is 1.60. The Bertz CT molecular complexity index is 998. The number of nitrogens with one attached hydrogen (secondary N) is 1. The van der Waals surface area contributed by atoms with Crippen molar-refractivity contribution in [3.8, 4) is 0 Å². The molecule has 1 saturated heterocycles. The highest BCUT2D eigenvalue weighted by molar-refractivity contribution is 6.00. The second kappa shape index (κ2) is 7.88. The summed E-state index contributed by atoms with van der Waals surface area (Å²) >= 11 is 0. The van der Waals surface area contributed by atoms with Gasteiger partial charge in [0, 0.05) is 36.7 Å². The van der Waals surface area contributed by atoms with E-state index in [9.17, 15) is 13.6 Å². The number of hydrogen-bond donors (Lipinski definition) is 1. The Kier molecular flexibility index (Phi) is 5.14. The molecule has 1 N–H and O–H groups in total. The molecule has 5 nitrogen and oxygen atoms in total. The van der Waals surface area contributed by atoms with Gasteiger partial charge >= 0.3 is 0 Å². The van der Waals surface area contributed by atoms with Crippen molar-refractivity contribution in [2.75, 3.05) is 18.0 Å². The zero-order valence-electron chi connectivity index (χ0n) is 15.3. The van der Waals surface area contributed by atoms with E-state index in [2.05, 4.69) is 20.2 Å². The van der Waals surface area contributed by atoms with Crippen molar-refractivity contribution in [1.82, 2.24) is 15.3 Å². The molecular formula is C21H20F2N4O. The van der Waals surface area contributed by atoms with Gasteiger partial charge in [-0.25, -0.2) is 18.7 Å². The van der Waals surface area contributed by atoms with Gasteiger partial charge in [0.05, 0.1) is 5.52 Å². The quantitative estimate of drug-likeness (QED) is 0.745. The second-order valence-corrected chi connectivity index (χ2v) is 6.94. The third-order valence-corrected chi connectivity index (χ3v) is 4.91. The molecule has 0 aliphatic carbocycles. The zero-order chi connectivity index (χ0) is 19.5. The molecule has 1 aliphatic rings. The third kappa shape index (κ3) is 3.93. The van der Waals surface area contributed by atoms with Crippen LogP contribution >= 0.6 is 0 Å². The van der Waals surface area contributed by atoms with Gasteiger partial charge in [-0.15, -0.1) is 0 Å². The summed E-state index contributed by atoms with van der Waals surface area (Å²) in [5.74, 6) is -0.817. The molecule has 0 unspecified atom stereocenters. The van der Waals surface area contributed by atoms with Gasteiger partial charge in [0.25, 0.3) is 5.91 Å². The molecule has 1 fully saturated rings. The molecule has 2 aromatic carbocycles. The number of halogens is 2. The first-order valence-corrected chi connectivity index (χ1v) is 9.33. The van der Waals surface area contributed by atoms with Crippen LogP contribution in [0.1, 0.15) is 35.2 Å². The molecule has 0 spiro atoms. The van der Waals surface area contributed by atoms with Crippen LogP contribution in [0.5, 0.6) is 0 Å². The lowest BCUT2D eigenvalue weighted by Gasteiger charge is -2.28. The monoisotopic (exact) mass is 382 g/mol. The summed E-state index contributed by atoms with van der Waals surface area (Å²) < 4.78 is 26.6. The lowest BCUT2D eigenvalue weighted by molar-refractivity contribution is 0.0951. The number of carbonyl (C=O) groups is 1. The molecule has 28 heavy (non-hydrogen) atoms. The van der Waals surface area contributed by atoms with E-state index in [0.717, 1.165) is 48.7 Å². The van der Waals surface area contributed by atoms with Crippen LogP contribution in [0.4, 0.5) is 14.6 Å². The first kappa shape index (κ1) is 18.3. The van der Waals surface area contributed by atoms with Crippen molar-refractivity contribution in [3.05, 3.63) is 65.5 Å². The second-order valence-electron chi connectivity index (χ2n) is 6.94. The smallest absolute Gasteiger partial charge is 0.251 e. The maximum Gasteiger partial charge on any atom is 0.251 e. The predicted molar refractivity (Wildman–Crippen MR) is 103 cm³/mol. The number of benzene rings is 2. The van der Waals surface area contributed by atoms with Gasteiger partial charge in [0.15, 0.2) is 0 Å². The van der Waals surface area contributed by atoms with E-state index >= 15 is 0 Å². The Labute approximate surface area is 161 Å². The Morgan fingerprint density at radius 1 is 1.00 bits per heavy atom. The van der Waals surface area contributed by atoms with Gasteiger partial charge in [0.2, 0.25) is 0 Å². The van der Waals surface area contributed by atoms with Crippen molar-refractivity contribution in [1.29, 1.82) is 0 Å². The van der Waals surface area contributed by atoms with Gasteiger partial charge in [-0.1, -0.05) is 0 Å².